The van der Waals surface area contributed by atoms with E-state index in [4.69, 9.17) is 0 Å². The lowest BCUT2D eigenvalue weighted by Gasteiger charge is -2.41. The predicted molar refractivity (Wildman–Crippen MR) is 161 cm³/mol. The van der Waals surface area contributed by atoms with Crippen LogP contribution < -0.4 is 0 Å². The van der Waals surface area contributed by atoms with E-state index in [1.54, 1.807) is 4.94 Å². The molecule has 0 nitrogen and oxygen atoms in total. The van der Waals surface area contributed by atoms with Gasteiger partial charge < -0.3 is 0 Å². The van der Waals surface area contributed by atoms with Gasteiger partial charge in [-0.1, -0.05) is 159 Å². The van der Waals surface area contributed by atoms with Gasteiger partial charge >= 0.3 is 0 Å². The molecule has 31 heavy (non-hydrogen) atoms. The summed E-state index contributed by atoms with van der Waals surface area (Å²) in [6.07, 6.45) is 20.4. The van der Waals surface area contributed by atoms with Crippen molar-refractivity contribution in [2.24, 2.45) is 0 Å². The second kappa shape index (κ2) is 15.7. The summed E-state index contributed by atoms with van der Waals surface area (Å²) in [6, 6.07) is 0. The Morgan fingerprint density at radius 3 is 1.19 bits per heavy atom. The van der Waals surface area contributed by atoms with Gasteiger partial charge in [-0.3, -0.25) is 0 Å². The molecule has 2 atom stereocenters. The summed E-state index contributed by atoms with van der Waals surface area (Å²) < 4.78 is 0. The molecular weight excluding hydrogens is 440 g/mol. The summed E-state index contributed by atoms with van der Waals surface area (Å²) in [7, 11) is -0.532. The Morgan fingerprint density at radius 2 is 0.903 bits per heavy atom. The molecule has 0 rings (SSSR count). The normalized spacial score (nSPS) is 15.2. The van der Waals surface area contributed by atoms with E-state index in [2.05, 4.69) is 75.1 Å². The average Bonchev–Trinajstić information content (AvgIpc) is 2.61. The van der Waals surface area contributed by atoms with Crippen molar-refractivity contribution >= 4 is 33.5 Å². The van der Waals surface area contributed by atoms with Gasteiger partial charge in [-0.15, -0.1) is 9.24 Å². The highest BCUT2D eigenvalue weighted by molar-refractivity contribution is 7.32. The van der Waals surface area contributed by atoms with E-state index in [0.717, 1.165) is 5.54 Å². The van der Waals surface area contributed by atoms with Gasteiger partial charge in [0.05, 0.1) is 24.2 Å². The van der Waals surface area contributed by atoms with Crippen molar-refractivity contribution in [3.05, 3.63) is 10.1 Å². The van der Waals surface area contributed by atoms with Crippen LogP contribution in [-0.2, 0) is 0 Å². The molecule has 0 N–H and O–H groups in total. The van der Waals surface area contributed by atoms with Gasteiger partial charge in [0.15, 0.2) is 0 Å². The lowest BCUT2D eigenvalue weighted by atomic mass is 10.0. The van der Waals surface area contributed by atoms with Gasteiger partial charge in [0.25, 0.3) is 0 Å². The Bertz CT molecular complexity index is 492. The molecule has 0 spiro atoms. The number of hydrogen-bond donors (Lipinski definition) is 0. The van der Waals surface area contributed by atoms with Crippen molar-refractivity contribution in [2.45, 2.75) is 161 Å². The maximum absolute atomic E-state index is 3.26. The maximum Gasteiger partial charge on any atom is 0.0769 e. The lowest BCUT2D eigenvalue weighted by Crippen LogP contribution is -2.41. The van der Waals surface area contributed by atoms with Crippen molar-refractivity contribution in [3.63, 3.8) is 0 Å². The first-order valence-corrected chi connectivity index (χ1v) is 24.9. The Morgan fingerprint density at radius 1 is 0.548 bits per heavy atom. The van der Waals surface area contributed by atoms with Gasteiger partial charge in [0.2, 0.25) is 0 Å². The second-order valence-electron chi connectivity index (χ2n) is 13.3. The van der Waals surface area contributed by atoms with Crippen molar-refractivity contribution in [2.75, 3.05) is 0 Å². The zero-order chi connectivity index (χ0) is 24.1. The largest absolute Gasteiger partial charge is 0.115 e. The molecule has 0 aromatic carbocycles. The third kappa shape index (κ3) is 14.6. The number of hydrogen-bond acceptors (Lipinski definition) is 0. The maximum atomic E-state index is 3.26. The molecule has 4 heteroatoms. The molecule has 186 valence electrons. The number of rotatable bonds is 18. The highest BCUT2D eigenvalue weighted by atomic mass is 31.0. The summed E-state index contributed by atoms with van der Waals surface area (Å²) >= 11 is 0. The SMILES string of the molecule is CCCCCCCCCCCCCCCC(/C(=C(\P)[Si](C)(C)C)[Si](C)(C)C)[Si](C)(C)C. The van der Waals surface area contributed by atoms with E-state index in [-0.39, 0.29) is 0 Å². The van der Waals surface area contributed by atoms with Crippen LogP contribution in [-0.4, -0.2) is 24.2 Å². The molecule has 0 amide bonds. The highest BCUT2D eigenvalue weighted by Gasteiger charge is 2.38. The molecule has 0 bridgehead atoms. The van der Waals surface area contributed by atoms with Crippen LogP contribution in [0.3, 0.4) is 0 Å². The fourth-order valence-corrected chi connectivity index (χ4v) is 16.6. The molecule has 0 aliphatic rings. The van der Waals surface area contributed by atoms with Crippen molar-refractivity contribution in [1.29, 1.82) is 0 Å². The van der Waals surface area contributed by atoms with Crippen LogP contribution in [0, 0.1) is 0 Å². The molecule has 0 radical (unpaired) electrons. The van der Waals surface area contributed by atoms with Crippen molar-refractivity contribution in [3.8, 4) is 0 Å². The molecule has 0 fully saturated rings. The van der Waals surface area contributed by atoms with Gasteiger partial charge in [-0.2, -0.15) is 0 Å². The number of unbranched alkanes of at least 4 members (excludes halogenated alkanes) is 12. The van der Waals surface area contributed by atoms with Crippen LogP contribution in [0.1, 0.15) is 96.8 Å². The smallest absolute Gasteiger partial charge is 0.0769 e. The minimum absolute atomic E-state index is 0.895. The highest BCUT2D eigenvalue weighted by Crippen LogP contribution is 2.44. The van der Waals surface area contributed by atoms with Crippen molar-refractivity contribution < 1.29 is 0 Å². The zero-order valence-corrected chi connectivity index (χ0v) is 27.7. The molecule has 0 heterocycles. The topological polar surface area (TPSA) is 0 Å². The summed E-state index contributed by atoms with van der Waals surface area (Å²) in [4.78, 5) is 1.77. The fourth-order valence-electron chi connectivity index (χ4n) is 4.90. The lowest BCUT2D eigenvalue weighted by molar-refractivity contribution is 0.535. The molecule has 0 aliphatic heterocycles. The van der Waals surface area contributed by atoms with Crippen LogP contribution in [0.2, 0.25) is 64.5 Å². The monoisotopic (exact) mass is 500 g/mol. The van der Waals surface area contributed by atoms with E-state index in [0.29, 0.717) is 0 Å². The van der Waals surface area contributed by atoms with Gasteiger partial charge in [-0.05, 0) is 12.0 Å². The summed E-state index contributed by atoms with van der Waals surface area (Å²) in [5.74, 6) is 0. The quantitative estimate of drug-likeness (QED) is 0.0996. The van der Waals surface area contributed by atoms with Crippen molar-refractivity contribution in [1.82, 2.24) is 0 Å². The average molecular weight is 501 g/mol. The minimum atomic E-state index is -1.31. The molecule has 0 saturated carbocycles. The van der Waals surface area contributed by atoms with Crippen LogP contribution in [0.4, 0.5) is 0 Å². The van der Waals surface area contributed by atoms with Gasteiger partial charge in [0.1, 0.15) is 0 Å². The Kier molecular flexibility index (Phi) is 16.1. The third-order valence-electron chi connectivity index (χ3n) is 6.90. The Balaban J connectivity index is 4.48. The summed E-state index contributed by atoms with van der Waals surface area (Å²) in [5, 5.41) is 1.95. The van der Waals surface area contributed by atoms with E-state index in [9.17, 15) is 0 Å². The summed E-state index contributed by atoms with van der Waals surface area (Å²) in [6.45, 7) is 25.6. The first-order chi connectivity index (χ1) is 14.2. The minimum Gasteiger partial charge on any atom is -0.115 e. The molecule has 0 aromatic heterocycles. The summed E-state index contributed by atoms with van der Waals surface area (Å²) in [5.41, 5.74) is 0.895. The Hall–Kier alpha value is 0.821. The van der Waals surface area contributed by atoms with E-state index in [1.807, 2.05) is 5.20 Å². The van der Waals surface area contributed by atoms with Crippen LogP contribution in [0.5, 0.6) is 0 Å². The number of allylic oxidation sites excluding steroid dienone is 1. The van der Waals surface area contributed by atoms with Gasteiger partial charge in [-0.25, -0.2) is 0 Å². The Labute approximate surface area is 204 Å². The predicted octanol–water partition coefficient (Wildman–Crippen LogP) is 11.1. The van der Waals surface area contributed by atoms with Crippen LogP contribution >= 0.6 is 9.24 Å². The van der Waals surface area contributed by atoms with Crippen LogP contribution in [0.15, 0.2) is 10.1 Å². The third-order valence-corrected chi connectivity index (χ3v) is 17.4. The first kappa shape index (κ1) is 31.8. The standard InChI is InChI=1S/C27H61PSi3/c1-11-12-13-14-15-16-17-18-19-20-21-22-23-24-25(29(2,3)4)26(30(5,6)7)27(28)31(8,9)10/h25H,11-24,28H2,1-10H3/b27-26-. The first-order valence-electron chi connectivity index (χ1n) is 13.7. The molecule has 2 unspecified atom stereocenters. The molecule has 0 aliphatic carbocycles. The molecular formula is C27H61PSi3. The molecule has 0 aromatic rings. The zero-order valence-electron chi connectivity index (χ0n) is 23.6. The van der Waals surface area contributed by atoms with Gasteiger partial charge in [0, 0.05) is 0 Å². The van der Waals surface area contributed by atoms with Crippen LogP contribution in [0.25, 0.3) is 0 Å². The second-order valence-corrected chi connectivity index (χ2v) is 29.9. The van der Waals surface area contributed by atoms with E-state index in [1.165, 1.54) is 89.9 Å². The molecule has 0 saturated heterocycles. The fraction of sp³-hybridized carbons (Fsp3) is 0.926. The van der Waals surface area contributed by atoms with E-state index >= 15 is 0 Å². The van der Waals surface area contributed by atoms with E-state index < -0.39 is 24.2 Å².